The Morgan fingerprint density at radius 2 is 2.18 bits per heavy atom. The molecule has 1 N–H and O–H groups in total. The summed E-state index contributed by atoms with van der Waals surface area (Å²) in [5.74, 6) is 0.832. The molecule has 1 aromatic heterocycles. The minimum Gasteiger partial charge on any atom is -0.361 e. The average molecular weight is 299 g/mol. The van der Waals surface area contributed by atoms with Crippen molar-refractivity contribution in [3.8, 4) is 11.3 Å². The van der Waals surface area contributed by atoms with Gasteiger partial charge in [-0.05, 0) is 33.4 Å². The molecule has 5 heteroatoms. The maximum absolute atomic E-state index is 12.3. The normalized spacial score (nSPS) is 18.5. The highest BCUT2D eigenvalue weighted by Crippen LogP contribution is 2.25. The summed E-state index contributed by atoms with van der Waals surface area (Å²) < 4.78 is 5.32. The van der Waals surface area contributed by atoms with Crippen molar-refractivity contribution in [2.75, 3.05) is 13.6 Å². The Morgan fingerprint density at radius 1 is 1.41 bits per heavy atom. The Kier molecular flexibility index (Phi) is 4.24. The van der Waals surface area contributed by atoms with E-state index in [0.29, 0.717) is 6.54 Å². The van der Waals surface area contributed by atoms with E-state index >= 15 is 0 Å². The number of amides is 1. The highest BCUT2D eigenvalue weighted by atomic mass is 16.5. The highest BCUT2D eigenvalue weighted by molar-refractivity contribution is 5.82. The van der Waals surface area contributed by atoms with Gasteiger partial charge in [-0.1, -0.05) is 35.5 Å². The first-order valence-electron chi connectivity index (χ1n) is 7.65. The van der Waals surface area contributed by atoms with E-state index in [1.54, 1.807) is 0 Å². The number of likely N-dealkylation sites (N-methyl/N-ethyl adjacent to an activating group) is 1. The van der Waals surface area contributed by atoms with Crippen LogP contribution in [-0.4, -0.2) is 35.6 Å². The number of hydrogen-bond acceptors (Lipinski definition) is 4. The maximum atomic E-state index is 12.3. The first kappa shape index (κ1) is 14.8. The molecule has 0 spiro atoms. The van der Waals surface area contributed by atoms with Gasteiger partial charge in [-0.3, -0.25) is 9.69 Å². The van der Waals surface area contributed by atoms with Gasteiger partial charge in [0, 0.05) is 17.7 Å². The molecule has 0 saturated carbocycles. The third-order valence-electron chi connectivity index (χ3n) is 4.29. The summed E-state index contributed by atoms with van der Waals surface area (Å²) in [6, 6.07) is 9.87. The van der Waals surface area contributed by atoms with Crippen LogP contribution < -0.4 is 5.32 Å². The summed E-state index contributed by atoms with van der Waals surface area (Å²) in [6.45, 7) is 3.31. The van der Waals surface area contributed by atoms with Crippen molar-refractivity contribution in [1.82, 2.24) is 15.4 Å². The number of carbonyl (C=O) groups excluding carboxylic acids is 1. The van der Waals surface area contributed by atoms with Gasteiger partial charge in [0.25, 0.3) is 0 Å². The third kappa shape index (κ3) is 2.90. The van der Waals surface area contributed by atoms with Crippen LogP contribution in [0.15, 0.2) is 34.9 Å². The number of aromatic nitrogens is 1. The molecule has 116 valence electrons. The van der Waals surface area contributed by atoms with Crippen molar-refractivity contribution >= 4 is 5.91 Å². The van der Waals surface area contributed by atoms with Crippen LogP contribution in [0.3, 0.4) is 0 Å². The van der Waals surface area contributed by atoms with Crippen molar-refractivity contribution in [2.45, 2.75) is 32.4 Å². The Morgan fingerprint density at radius 3 is 2.86 bits per heavy atom. The Bertz CT molecular complexity index is 651. The van der Waals surface area contributed by atoms with Crippen LogP contribution in [0.5, 0.6) is 0 Å². The van der Waals surface area contributed by atoms with Crippen molar-refractivity contribution in [1.29, 1.82) is 0 Å². The summed E-state index contributed by atoms with van der Waals surface area (Å²) in [4.78, 5) is 14.4. The Balaban J connectivity index is 1.73. The van der Waals surface area contributed by atoms with Gasteiger partial charge in [-0.15, -0.1) is 0 Å². The van der Waals surface area contributed by atoms with Gasteiger partial charge in [0.05, 0.1) is 6.04 Å². The topological polar surface area (TPSA) is 58.4 Å². The molecule has 1 aliphatic heterocycles. The molecule has 3 rings (SSSR count). The molecule has 2 aromatic rings. The third-order valence-corrected chi connectivity index (χ3v) is 4.29. The molecule has 5 nitrogen and oxygen atoms in total. The quantitative estimate of drug-likeness (QED) is 0.941. The largest absolute Gasteiger partial charge is 0.361 e. The molecule has 0 aliphatic carbocycles. The van der Waals surface area contributed by atoms with Gasteiger partial charge in [-0.25, -0.2) is 0 Å². The minimum atomic E-state index is -0.0136. The van der Waals surface area contributed by atoms with Crippen LogP contribution in [0.4, 0.5) is 0 Å². The van der Waals surface area contributed by atoms with Crippen molar-refractivity contribution in [3.63, 3.8) is 0 Å². The highest BCUT2D eigenvalue weighted by Gasteiger charge is 2.28. The number of nitrogens with zero attached hydrogens (tertiary/aromatic N) is 2. The van der Waals surface area contributed by atoms with E-state index in [2.05, 4.69) is 15.4 Å². The number of carbonyl (C=O) groups is 1. The smallest absolute Gasteiger partial charge is 0.237 e. The van der Waals surface area contributed by atoms with E-state index in [1.807, 2.05) is 44.3 Å². The number of aryl methyl sites for hydroxylation is 1. The summed E-state index contributed by atoms with van der Waals surface area (Å²) in [5.41, 5.74) is 2.75. The zero-order chi connectivity index (χ0) is 15.5. The lowest BCUT2D eigenvalue weighted by Gasteiger charge is -2.18. The van der Waals surface area contributed by atoms with E-state index in [4.69, 9.17) is 4.52 Å². The molecule has 1 aliphatic rings. The fraction of sp³-hybridized carbons (Fsp3) is 0.412. The van der Waals surface area contributed by atoms with Crippen molar-refractivity contribution in [3.05, 3.63) is 41.7 Å². The maximum Gasteiger partial charge on any atom is 0.237 e. The number of nitrogens with one attached hydrogen (secondary N) is 1. The number of rotatable bonds is 4. The van der Waals surface area contributed by atoms with Crippen LogP contribution >= 0.6 is 0 Å². The lowest BCUT2D eigenvalue weighted by Crippen LogP contribution is -2.41. The molecule has 1 amide bonds. The molecule has 0 bridgehead atoms. The fourth-order valence-corrected chi connectivity index (χ4v) is 2.96. The number of hydrogen-bond donors (Lipinski definition) is 1. The standard InChI is InChI=1S/C17H21N3O2/c1-12-14(11-18-17(21)15-9-6-10-20(15)2)16(19-22-12)13-7-4-3-5-8-13/h3-5,7-8,15H,6,9-11H2,1-2H3,(H,18,21)/t15-/m0/s1. The molecule has 0 radical (unpaired) electrons. The van der Waals surface area contributed by atoms with Crippen LogP contribution in [0, 0.1) is 6.92 Å². The van der Waals surface area contributed by atoms with Crippen LogP contribution in [-0.2, 0) is 11.3 Å². The first-order valence-corrected chi connectivity index (χ1v) is 7.65. The summed E-state index contributed by atoms with van der Waals surface area (Å²) in [6.07, 6.45) is 2.01. The molecule has 1 fully saturated rings. The molecule has 2 heterocycles. The van der Waals surface area contributed by atoms with Crippen LogP contribution in [0.25, 0.3) is 11.3 Å². The molecule has 1 atom stereocenters. The van der Waals surface area contributed by atoms with Gasteiger partial charge in [0.1, 0.15) is 11.5 Å². The van der Waals surface area contributed by atoms with Gasteiger partial charge < -0.3 is 9.84 Å². The SMILES string of the molecule is Cc1onc(-c2ccccc2)c1CNC(=O)[C@@H]1CCCN1C. The van der Waals surface area contributed by atoms with Crippen LogP contribution in [0.2, 0.25) is 0 Å². The fourth-order valence-electron chi connectivity index (χ4n) is 2.96. The van der Waals surface area contributed by atoms with Gasteiger partial charge in [0.2, 0.25) is 5.91 Å². The lowest BCUT2D eigenvalue weighted by atomic mass is 10.1. The Labute approximate surface area is 130 Å². The molecule has 22 heavy (non-hydrogen) atoms. The summed E-state index contributed by atoms with van der Waals surface area (Å²) >= 11 is 0. The zero-order valence-corrected chi connectivity index (χ0v) is 13.0. The molecular weight excluding hydrogens is 278 g/mol. The predicted molar refractivity (Wildman–Crippen MR) is 84.2 cm³/mol. The van der Waals surface area contributed by atoms with Gasteiger partial charge in [-0.2, -0.15) is 0 Å². The van der Waals surface area contributed by atoms with E-state index < -0.39 is 0 Å². The number of likely N-dealkylation sites (tertiary alicyclic amines) is 1. The van der Waals surface area contributed by atoms with Gasteiger partial charge in [0.15, 0.2) is 0 Å². The lowest BCUT2D eigenvalue weighted by molar-refractivity contribution is -0.125. The van der Waals surface area contributed by atoms with E-state index in [1.165, 1.54) is 0 Å². The van der Waals surface area contributed by atoms with E-state index in [0.717, 1.165) is 42.0 Å². The van der Waals surface area contributed by atoms with Crippen LogP contribution in [0.1, 0.15) is 24.2 Å². The molecule has 1 saturated heterocycles. The Hall–Kier alpha value is -2.14. The van der Waals surface area contributed by atoms with E-state index in [9.17, 15) is 4.79 Å². The summed E-state index contributed by atoms with van der Waals surface area (Å²) in [5, 5.41) is 7.17. The average Bonchev–Trinajstić information content (AvgIpc) is 3.12. The van der Waals surface area contributed by atoms with Gasteiger partial charge >= 0.3 is 0 Å². The molecule has 0 unspecified atom stereocenters. The molecular formula is C17H21N3O2. The summed E-state index contributed by atoms with van der Waals surface area (Å²) in [7, 11) is 2.00. The minimum absolute atomic E-state index is 0.0136. The van der Waals surface area contributed by atoms with E-state index in [-0.39, 0.29) is 11.9 Å². The zero-order valence-electron chi connectivity index (χ0n) is 13.0. The first-order chi connectivity index (χ1) is 10.7. The predicted octanol–water partition coefficient (Wildman–Crippen LogP) is 2.36. The second kappa shape index (κ2) is 6.32. The van der Waals surface area contributed by atoms with Crippen molar-refractivity contribution < 1.29 is 9.32 Å². The monoisotopic (exact) mass is 299 g/mol. The van der Waals surface area contributed by atoms with Crippen molar-refractivity contribution in [2.24, 2.45) is 0 Å². The number of benzene rings is 1. The second-order valence-electron chi connectivity index (χ2n) is 5.79. The second-order valence-corrected chi connectivity index (χ2v) is 5.79. The molecule has 1 aromatic carbocycles.